The van der Waals surface area contributed by atoms with Gasteiger partial charge < -0.3 is 14.7 Å². The number of rotatable bonds is 8. The van der Waals surface area contributed by atoms with Gasteiger partial charge >= 0.3 is 5.97 Å². The van der Waals surface area contributed by atoms with Crippen LogP contribution in [0, 0.1) is 5.92 Å². The van der Waals surface area contributed by atoms with Crippen molar-refractivity contribution in [3.05, 3.63) is 83.0 Å². The Morgan fingerprint density at radius 1 is 1.06 bits per heavy atom. The van der Waals surface area contributed by atoms with Crippen LogP contribution in [-0.4, -0.2) is 41.1 Å². The lowest BCUT2D eigenvalue weighted by atomic mass is 9.98. The van der Waals surface area contributed by atoms with Crippen LogP contribution in [-0.2, 0) is 17.9 Å². The summed E-state index contributed by atoms with van der Waals surface area (Å²) in [5, 5.41) is 9.98. The molecule has 1 aromatic heterocycles. The number of hydrogen-bond donors (Lipinski definition) is 1. The molecule has 1 aliphatic heterocycles. The topological polar surface area (TPSA) is 65.9 Å². The zero-order chi connectivity index (χ0) is 23.2. The Morgan fingerprint density at radius 2 is 1.70 bits per heavy atom. The van der Waals surface area contributed by atoms with Crippen LogP contribution >= 0.6 is 11.6 Å². The second kappa shape index (κ2) is 10.7. The van der Waals surface area contributed by atoms with Crippen molar-refractivity contribution >= 4 is 23.4 Å². The lowest BCUT2D eigenvalue weighted by Gasteiger charge is -2.31. The molecule has 1 atom stereocenters. The van der Waals surface area contributed by atoms with E-state index in [2.05, 4.69) is 40.0 Å². The van der Waals surface area contributed by atoms with Gasteiger partial charge in [0.25, 0.3) is 0 Å². The number of anilines is 1. The van der Waals surface area contributed by atoms with Crippen LogP contribution < -0.4 is 9.64 Å². The summed E-state index contributed by atoms with van der Waals surface area (Å²) < 4.78 is 5.85. The van der Waals surface area contributed by atoms with Crippen LogP contribution in [0.1, 0.15) is 24.0 Å². The zero-order valence-corrected chi connectivity index (χ0v) is 19.4. The van der Waals surface area contributed by atoms with Crippen molar-refractivity contribution in [2.75, 3.05) is 25.0 Å². The van der Waals surface area contributed by atoms with Crippen molar-refractivity contribution in [1.29, 1.82) is 0 Å². The number of pyridine rings is 1. The molecule has 33 heavy (non-hydrogen) atoms. The standard InChI is InChI=1S/C26H28ClN3O3/c1-29(16-19-4-9-23(10-5-19)33-24-11-7-22(27)8-12-24)17-20-6-13-25(28-15-20)30-14-2-3-21(18-30)26(31)32/h4-13,15,21H,2-3,14,16-18H2,1H3,(H,31,32). The molecular formula is C26H28ClN3O3. The Kier molecular flexibility index (Phi) is 7.47. The van der Waals surface area contributed by atoms with Gasteiger partial charge in [-0.25, -0.2) is 4.98 Å². The largest absolute Gasteiger partial charge is 0.481 e. The predicted molar refractivity (Wildman–Crippen MR) is 130 cm³/mol. The minimum absolute atomic E-state index is 0.311. The van der Waals surface area contributed by atoms with E-state index in [1.165, 1.54) is 5.56 Å². The molecule has 0 bridgehead atoms. The maximum absolute atomic E-state index is 11.3. The molecule has 2 aromatic carbocycles. The first-order chi connectivity index (χ1) is 16.0. The molecule has 0 radical (unpaired) electrons. The van der Waals surface area contributed by atoms with E-state index in [0.717, 1.165) is 55.4 Å². The first-order valence-electron chi connectivity index (χ1n) is 11.1. The smallest absolute Gasteiger partial charge is 0.308 e. The van der Waals surface area contributed by atoms with Crippen molar-refractivity contribution in [3.63, 3.8) is 0 Å². The molecule has 0 spiro atoms. The van der Waals surface area contributed by atoms with Crippen molar-refractivity contribution in [2.45, 2.75) is 25.9 Å². The van der Waals surface area contributed by atoms with Gasteiger partial charge in [0.1, 0.15) is 17.3 Å². The Labute approximate surface area is 199 Å². The molecule has 7 heteroatoms. The van der Waals surface area contributed by atoms with Gasteiger partial charge in [0.15, 0.2) is 0 Å². The summed E-state index contributed by atoms with van der Waals surface area (Å²) in [6.45, 7) is 2.95. The molecule has 0 amide bonds. The summed E-state index contributed by atoms with van der Waals surface area (Å²) >= 11 is 5.91. The van der Waals surface area contributed by atoms with Crippen molar-refractivity contribution in [3.8, 4) is 11.5 Å². The summed E-state index contributed by atoms with van der Waals surface area (Å²) in [5.41, 5.74) is 2.31. The third kappa shape index (κ3) is 6.46. The van der Waals surface area contributed by atoms with Crippen LogP contribution in [0.25, 0.3) is 0 Å². The average Bonchev–Trinajstić information content (AvgIpc) is 2.82. The SMILES string of the molecule is CN(Cc1ccc(Oc2ccc(Cl)cc2)cc1)Cc1ccc(N2CCCC(C(=O)O)C2)nc1. The molecule has 1 fully saturated rings. The zero-order valence-electron chi connectivity index (χ0n) is 18.7. The minimum Gasteiger partial charge on any atom is -0.481 e. The second-order valence-corrected chi connectivity index (χ2v) is 8.96. The van der Waals surface area contributed by atoms with Gasteiger partial charge in [0, 0.05) is 37.4 Å². The fourth-order valence-corrected chi connectivity index (χ4v) is 4.19. The van der Waals surface area contributed by atoms with Crippen LogP contribution in [0.3, 0.4) is 0 Å². The number of hydrogen-bond acceptors (Lipinski definition) is 5. The summed E-state index contributed by atoms with van der Waals surface area (Å²) in [6, 6.07) is 19.5. The van der Waals surface area contributed by atoms with Crippen molar-refractivity contribution in [2.24, 2.45) is 5.92 Å². The highest BCUT2D eigenvalue weighted by molar-refractivity contribution is 6.30. The predicted octanol–water partition coefficient (Wildman–Crippen LogP) is 5.46. The van der Waals surface area contributed by atoms with Gasteiger partial charge in [-0.05, 0) is 73.5 Å². The molecule has 1 saturated heterocycles. The highest BCUT2D eigenvalue weighted by Gasteiger charge is 2.25. The maximum Gasteiger partial charge on any atom is 0.308 e. The number of carboxylic acid groups (broad SMARTS) is 1. The molecule has 1 N–H and O–H groups in total. The highest BCUT2D eigenvalue weighted by Crippen LogP contribution is 2.24. The second-order valence-electron chi connectivity index (χ2n) is 8.52. The molecular weight excluding hydrogens is 438 g/mol. The Hall–Kier alpha value is -3.09. The minimum atomic E-state index is -0.720. The third-order valence-electron chi connectivity index (χ3n) is 5.78. The van der Waals surface area contributed by atoms with Crippen molar-refractivity contribution < 1.29 is 14.6 Å². The number of aliphatic carboxylic acids is 1. The number of ether oxygens (including phenoxy) is 1. The Morgan fingerprint density at radius 3 is 2.33 bits per heavy atom. The molecule has 4 rings (SSSR count). The number of carboxylic acids is 1. The van der Waals surface area contributed by atoms with Gasteiger partial charge in [-0.3, -0.25) is 9.69 Å². The number of carbonyl (C=O) groups is 1. The van der Waals surface area contributed by atoms with E-state index in [4.69, 9.17) is 16.3 Å². The van der Waals surface area contributed by atoms with Crippen LogP contribution in [0.2, 0.25) is 5.02 Å². The number of nitrogens with zero attached hydrogens (tertiary/aromatic N) is 3. The molecule has 1 aliphatic rings. The summed E-state index contributed by atoms with van der Waals surface area (Å²) in [7, 11) is 2.08. The van der Waals surface area contributed by atoms with Crippen LogP contribution in [0.5, 0.6) is 11.5 Å². The van der Waals surface area contributed by atoms with Crippen LogP contribution in [0.15, 0.2) is 66.9 Å². The van der Waals surface area contributed by atoms with Gasteiger partial charge in [-0.15, -0.1) is 0 Å². The lowest BCUT2D eigenvalue weighted by Crippen LogP contribution is -2.39. The van der Waals surface area contributed by atoms with Crippen LogP contribution in [0.4, 0.5) is 5.82 Å². The first kappa shape index (κ1) is 23.1. The quantitative estimate of drug-likeness (QED) is 0.476. The lowest BCUT2D eigenvalue weighted by molar-refractivity contribution is -0.141. The van der Waals surface area contributed by atoms with E-state index >= 15 is 0 Å². The molecule has 1 unspecified atom stereocenters. The fraction of sp³-hybridized carbons (Fsp3) is 0.308. The molecule has 172 valence electrons. The van der Waals surface area contributed by atoms with E-state index < -0.39 is 5.97 Å². The molecule has 6 nitrogen and oxygen atoms in total. The summed E-state index contributed by atoms with van der Waals surface area (Å²) in [4.78, 5) is 20.2. The molecule has 0 aliphatic carbocycles. The van der Waals surface area contributed by atoms with Gasteiger partial charge in [0.05, 0.1) is 5.92 Å². The van der Waals surface area contributed by atoms with Crippen molar-refractivity contribution in [1.82, 2.24) is 9.88 Å². The van der Waals surface area contributed by atoms with Gasteiger partial charge in [0.2, 0.25) is 0 Å². The van der Waals surface area contributed by atoms with Gasteiger partial charge in [-0.2, -0.15) is 0 Å². The normalized spacial score (nSPS) is 16.1. The maximum atomic E-state index is 11.3. The average molecular weight is 466 g/mol. The summed E-state index contributed by atoms with van der Waals surface area (Å²) in [6.07, 6.45) is 3.51. The van der Waals surface area contributed by atoms with E-state index in [9.17, 15) is 9.90 Å². The van der Waals surface area contributed by atoms with E-state index in [1.807, 2.05) is 36.5 Å². The highest BCUT2D eigenvalue weighted by atomic mass is 35.5. The molecule has 2 heterocycles. The fourth-order valence-electron chi connectivity index (χ4n) is 4.06. The number of benzene rings is 2. The number of halogens is 1. The number of piperidine rings is 1. The summed E-state index contributed by atoms with van der Waals surface area (Å²) in [5.74, 6) is 1.36. The third-order valence-corrected chi connectivity index (χ3v) is 6.03. The van der Waals surface area contributed by atoms with E-state index in [-0.39, 0.29) is 5.92 Å². The number of aromatic nitrogens is 1. The molecule has 0 saturated carbocycles. The monoisotopic (exact) mass is 465 g/mol. The van der Waals surface area contributed by atoms with E-state index in [0.29, 0.717) is 11.6 Å². The van der Waals surface area contributed by atoms with Gasteiger partial charge in [-0.1, -0.05) is 29.8 Å². The van der Waals surface area contributed by atoms with E-state index in [1.54, 1.807) is 12.1 Å². The molecule has 3 aromatic rings. The first-order valence-corrected chi connectivity index (χ1v) is 11.5. The Bertz CT molecular complexity index is 1060. The Balaban J connectivity index is 1.29.